The predicted molar refractivity (Wildman–Crippen MR) is 71.3 cm³/mol. The number of nitrogens with zero attached hydrogens (tertiary/aromatic N) is 4. The molecule has 2 heterocycles. The quantitative estimate of drug-likeness (QED) is 0.847. The molecule has 0 aliphatic carbocycles. The first-order chi connectivity index (χ1) is 9.65. The molecule has 106 valence electrons. The minimum atomic E-state index is -0.379. The molecule has 0 amide bonds. The summed E-state index contributed by atoms with van der Waals surface area (Å²) >= 11 is 0. The van der Waals surface area contributed by atoms with Gasteiger partial charge in [0.05, 0.1) is 17.7 Å². The molecule has 0 radical (unpaired) electrons. The summed E-state index contributed by atoms with van der Waals surface area (Å²) in [5, 5.41) is 11.7. The van der Waals surface area contributed by atoms with E-state index in [0.717, 1.165) is 12.8 Å². The average molecular weight is 277 g/mol. The van der Waals surface area contributed by atoms with Gasteiger partial charge in [-0.05, 0) is 48.4 Å². The third-order valence-corrected chi connectivity index (χ3v) is 3.53. The molecule has 3 rings (SSSR count). The average Bonchev–Trinajstić information content (AvgIpc) is 2.90. The van der Waals surface area contributed by atoms with Crippen LogP contribution in [0.4, 0.5) is 10.1 Å². The zero-order valence-corrected chi connectivity index (χ0v) is 11.2. The molecule has 2 atom stereocenters. The van der Waals surface area contributed by atoms with Crippen LogP contribution in [-0.4, -0.2) is 32.9 Å². The second kappa shape index (κ2) is 5.16. The number of hydrogen-bond donors (Lipinski definition) is 1. The predicted octanol–water partition coefficient (Wildman–Crippen LogP) is 1.80. The van der Waals surface area contributed by atoms with Crippen molar-refractivity contribution < 1.29 is 9.13 Å². The Labute approximate surface area is 115 Å². The molecule has 7 heteroatoms. The van der Waals surface area contributed by atoms with Crippen LogP contribution >= 0.6 is 0 Å². The molecule has 2 N–H and O–H groups in total. The highest BCUT2D eigenvalue weighted by atomic mass is 19.1. The van der Waals surface area contributed by atoms with Crippen LogP contribution in [0.1, 0.15) is 25.8 Å². The third-order valence-electron chi connectivity index (χ3n) is 3.53. The first-order valence-electron chi connectivity index (χ1n) is 6.60. The van der Waals surface area contributed by atoms with Gasteiger partial charge in [-0.3, -0.25) is 0 Å². The highest BCUT2D eigenvalue weighted by Crippen LogP contribution is 2.29. The van der Waals surface area contributed by atoms with Crippen molar-refractivity contribution in [1.29, 1.82) is 0 Å². The van der Waals surface area contributed by atoms with E-state index in [-0.39, 0.29) is 18.0 Å². The van der Waals surface area contributed by atoms with E-state index in [1.807, 2.05) is 6.92 Å². The van der Waals surface area contributed by atoms with E-state index >= 15 is 0 Å². The fourth-order valence-electron chi connectivity index (χ4n) is 2.53. The summed E-state index contributed by atoms with van der Waals surface area (Å²) in [7, 11) is 0. The van der Waals surface area contributed by atoms with Crippen LogP contribution in [0.25, 0.3) is 11.4 Å². The minimum Gasteiger partial charge on any atom is -0.399 e. The molecule has 2 aromatic rings. The minimum absolute atomic E-state index is 0.115. The Morgan fingerprint density at radius 1 is 1.45 bits per heavy atom. The van der Waals surface area contributed by atoms with Gasteiger partial charge in [-0.25, -0.2) is 9.07 Å². The second-order valence-corrected chi connectivity index (χ2v) is 5.05. The number of tetrazole rings is 1. The van der Waals surface area contributed by atoms with Gasteiger partial charge in [-0.15, -0.1) is 5.10 Å². The van der Waals surface area contributed by atoms with E-state index in [2.05, 4.69) is 15.5 Å². The molecular formula is C13H16FN5O. The number of aromatic nitrogens is 4. The summed E-state index contributed by atoms with van der Waals surface area (Å²) in [6, 6.07) is 4.52. The second-order valence-electron chi connectivity index (χ2n) is 5.05. The molecule has 0 spiro atoms. The SMILES string of the molecule is CC1CC(n2nnnc2-c2cc(N)ccc2F)CCO1. The van der Waals surface area contributed by atoms with E-state index in [1.54, 1.807) is 10.7 Å². The van der Waals surface area contributed by atoms with Crippen LogP contribution < -0.4 is 5.73 Å². The lowest BCUT2D eigenvalue weighted by Crippen LogP contribution is -2.26. The van der Waals surface area contributed by atoms with Gasteiger partial charge in [-0.2, -0.15) is 0 Å². The van der Waals surface area contributed by atoms with E-state index in [4.69, 9.17) is 10.5 Å². The maximum absolute atomic E-state index is 14.0. The summed E-state index contributed by atoms with van der Waals surface area (Å²) < 4.78 is 21.2. The van der Waals surface area contributed by atoms with Gasteiger partial charge in [0.25, 0.3) is 0 Å². The fraction of sp³-hybridized carbons (Fsp3) is 0.462. The maximum Gasteiger partial charge on any atom is 0.185 e. The maximum atomic E-state index is 14.0. The first kappa shape index (κ1) is 13.0. The highest BCUT2D eigenvalue weighted by molar-refractivity contribution is 5.61. The molecule has 2 unspecified atom stereocenters. The van der Waals surface area contributed by atoms with E-state index in [9.17, 15) is 4.39 Å². The summed E-state index contributed by atoms with van der Waals surface area (Å²) in [5.41, 5.74) is 6.53. The molecule has 1 aliphatic heterocycles. The van der Waals surface area contributed by atoms with Crippen LogP contribution in [0.15, 0.2) is 18.2 Å². The molecule has 1 aromatic carbocycles. The van der Waals surface area contributed by atoms with Crippen molar-refractivity contribution in [3.63, 3.8) is 0 Å². The summed E-state index contributed by atoms with van der Waals surface area (Å²) in [5.74, 6) is 0.0317. The van der Waals surface area contributed by atoms with E-state index < -0.39 is 0 Å². The van der Waals surface area contributed by atoms with Gasteiger partial charge in [0.2, 0.25) is 0 Å². The van der Waals surface area contributed by atoms with Crippen LogP contribution in [-0.2, 0) is 4.74 Å². The Morgan fingerprint density at radius 3 is 3.10 bits per heavy atom. The molecule has 20 heavy (non-hydrogen) atoms. The molecule has 1 saturated heterocycles. The van der Waals surface area contributed by atoms with E-state index in [1.165, 1.54) is 12.1 Å². The Bertz CT molecular complexity index is 615. The number of ether oxygens (including phenoxy) is 1. The molecule has 0 saturated carbocycles. The number of rotatable bonds is 2. The molecule has 6 nitrogen and oxygen atoms in total. The number of anilines is 1. The van der Waals surface area contributed by atoms with Crippen LogP contribution in [0.5, 0.6) is 0 Å². The highest BCUT2D eigenvalue weighted by Gasteiger charge is 2.25. The van der Waals surface area contributed by atoms with Crippen molar-refractivity contribution in [1.82, 2.24) is 20.2 Å². The van der Waals surface area contributed by atoms with Crippen molar-refractivity contribution in [3.05, 3.63) is 24.0 Å². The lowest BCUT2D eigenvalue weighted by Gasteiger charge is -2.27. The molecule has 1 aliphatic rings. The number of nitrogens with two attached hydrogens (primary N) is 1. The number of halogens is 1. The van der Waals surface area contributed by atoms with Crippen molar-refractivity contribution >= 4 is 5.69 Å². The summed E-state index contributed by atoms with van der Waals surface area (Å²) in [6.45, 7) is 2.67. The van der Waals surface area contributed by atoms with Crippen molar-refractivity contribution in [2.75, 3.05) is 12.3 Å². The van der Waals surface area contributed by atoms with Gasteiger partial charge in [-0.1, -0.05) is 0 Å². The van der Waals surface area contributed by atoms with Crippen molar-refractivity contribution in [2.24, 2.45) is 0 Å². The Morgan fingerprint density at radius 2 is 2.30 bits per heavy atom. The standard InChI is InChI=1S/C13H16FN5O/c1-8-6-10(4-5-20-8)19-13(16-17-18-19)11-7-9(15)2-3-12(11)14/h2-3,7-8,10H,4-6,15H2,1H3. The first-order valence-corrected chi connectivity index (χ1v) is 6.60. The van der Waals surface area contributed by atoms with Crippen molar-refractivity contribution in [3.8, 4) is 11.4 Å². The Balaban J connectivity index is 1.99. The van der Waals surface area contributed by atoms with Gasteiger partial charge in [0, 0.05) is 12.3 Å². The number of benzene rings is 1. The van der Waals surface area contributed by atoms with Crippen LogP contribution in [0.3, 0.4) is 0 Å². The van der Waals surface area contributed by atoms with Crippen molar-refractivity contribution in [2.45, 2.75) is 31.9 Å². The Hall–Kier alpha value is -2.02. The largest absolute Gasteiger partial charge is 0.399 e. The lowest BCUT2D eigenvalue weighted by molar-refractivity contribution is 0.00349. The molecule has 1 fully saturated rings. The zero-order valence-electron chi connectivity index (χ0n) is 11.2. The normalized spacial score (nSPS) is 22.9. The van der Waals surface area contributed by atoms with Crippen LogP contribution in [0, 0.1) is 5.82 Å². The molecule has 0 bridgehead atoms. The summed E-state index contributed by atoms with van der Waals surface area (Å²) in [4.78, 5) is 0. The Kier molecular flexibility index (Phi) is 3.35. The number of hydrogen-bond acceptors (Lipinski definition) is 5. The van der Waals surface area contributed by atoms with Gasteiger partial charge >= 0.3 is 0 Å². The van der Waals surface area contributed by atoms with E-state index in [0.29, 0.717) is 23.7 Å². The summed E-state index contributed by atoms with van der Waals surface area (Å²) in [6.07, 6.45) is 1.77. The molecular weight excluding hydrogens is 261 g/mol. The molecule has 1 aromatic heterocycles. The zero-order chi connectivity index (χ0) is 14.1. The smallest absolute Gasteiger partial charge is 0.185 e. The van der Waals surface area contributed by atoms with Gasteiger partial charge < -0.3 is 10.5 Å². The monoisotopic (exact) mass is 277 g/mol. The van der Waals surface area contributed by atoms with Gasteiger partial charge in [0.1, 0.15) is 5.82 Å². The fourth-order valence-corrected chi connectivity index (χ4v) is 2.53. The van der Waals surface area contributed by atoms with Gasteiger partial charge in [0.15, 0.2) is 5.82 Å². The topological polar surface area (TPSA) is 78.9 Å². The third kappa shape index (κ3) is 2.36. The van der Waals surface area contributed by atoms with Crippen LogP contribution in [0.2, 0.25) is 0 Å². The lowest BCUT2D eigenvalue weighted by atomic mass is 10.0. The number of nitrogen functional groups attached to an aromatic ring is 1.